The van der Waals surface area contributed by atoms with E-state index in [-0.39, 0.29) is 11.7 Å². The molecule has 1 fully saturated rings. The van der Waals surface area contributed by atoms with Gasteiger partial charge in [0.05, 0.1) is 10.6 Å². The zero-order chi connectivity index (χ0) is 14.8. The van der Waals surface area contributed by atoms with E-state index >= 15 is 0 Å². The molecule has 1 amide bonds. The lowest BCUT2D eigenvalue weighted by molar-refractivity contribution is -0.113. The van der Waals surface area contributed by atoms with E-state index in [1.54, 1.807) is 18.2 Å². The van der Waals surface area contributed by atoms with Gasteiger partial charge >= 0.3 is 0 Å². The minimum atomic E-state index is -0.331. The van der Waals surface area contributed by atoms with E-state index in [0.29, 0.717) is 14.8 Å². The topological polar surface area (TPSA) is 20.3 Å². The molecule has 1 heterocycles. The van der Waals surface area contributed by atoms with Crippen LogP contribution in [0.25, 0.3) is 6.08 Å². The molecule has 1 aliphatic heterocycles. The summed E-state index contributed by atoms with van der Waals surface area (Å²) in [4.78, 5) is 14.4. The molecule has 0 spiro atoms. The summed E-state index contributed by atoms with van der Waals surface area (Å²) in [5.74, 6) is -0.511. The highest BCUT2D eigenvalue weighted by molar-refractivity contribution is 8.27. The lowest BCUT2D eigenvalue weighted by atomic mass is 10.2. The van der Waals surface area contributed by atoms with Crippen LogP contribution in [0.15, 0.2) is 59.5 Å². The molecule has 5 heteroatoms. The first-order valence-electron chi connectivity index (χ1n) is 6.24. The van der Waals surface area contributed by atoms with E-state index in [1.807, 2.05) is 30.3 Å². The Morgan fingerprint density at radius 1 is 1.10 bits per heavy atom. The molecule has 0 aromatic heterocycles. The van der Waals surface area contributed by atoms with Crippen LogP contribution in [-0.4, -0.2) is 10.2 Å². The van der Waals surface area contributed by atoms with Crippen molar-refractivity contribution in [2.24, 2.45) is 0 Å². The van der Waals surface area contributed by atoms with E-state index in [0.717, 1.165) is 5.69 Å². The van der Waals surface area contributed by atoms with Crippen LogP contribution in [0.4, 0.5) is 10.1 Å². The molecule has 0 saturated carbocycles. The standard InChI is InChI=1S/C16H10FNOS2/c17-12-6-4-5-11(9-12)10-14-15(19)18(16(20)21-14)13-7-2-1-3-8-13/h1-10H. The Labute approximate surface area is 131 Å². The summed E-state index contributed by atoms with van der Waals surface area (Å²) < 4.78 is 13.7. The number of benzene rings is 2. The molecule has 2 aromatic rings. The number of hydrogen-bond acceptors (Lipinski definition) is 3. The first-order valence-corrected chi connectivity index (χ1v) is 7.46. The number of carbonyl (C=O) groups is 1. The van der Waals surface area contributed by atoms with E-state index in [9.17, 15) is 9.18 Å². The van der Waals surface area contributed by atoms with Crippen molar-refractivity contribution in [3.8, 4) is 0 Å². The second-order valence-corrected chi connectivity index (χ2v) is 6.08. The van der Waals surface area contributed by atoms with Gasteiger partial charge in [0, 0.05) is 0 Å². The lowest BCUT2D eigenvalue weighted by Gasteiger charge is -2.13. The zero-order valence-electron chi connectivity index (χ0n) is 10.8. The Hall–Kier alpha value is -1.98. The summed E-state index contributed by atoms with van der Waals surface area (Å²) in [6.07, 6.45) is 1.66. The second-order valence-electron chi connectivity index (χ2n) is 4.41. The number of amides is 1. The number of carbonyl (C=O) groups excluding carboxylic acids is 1. The molecule has 0 atom stereocenters. The third kappa shape index (κ3) is 2.89. The molecule has 1 saturated heterocycles. The molecule has 1 aliphatic rings. The molecule has 2 aromatic carbocycles. The van der Waals surface area contributed by atoms with Gasteiger partial charge in [0.1, 0.15) is 5.82 Å². The summed E-state index contributed by atoms with van der Waals surface area (Å²) in [7, 11) is 0. The minimum Gasteiger partial charge on any atom is -0.268 e. The summed E-state index contributed by atoms with van der Waals surface area (Å²) >= 11 is 6.50. The Morgan fingerprint density at radius 3 is 2.57 bits per heavy atom. The number of rotatable bonds is 2. The highest BCUT2D eigenvalue weighted by Crippen LogP contribution is 2.35. The van der Waals surface area contributed by atoms with Gasteiger partial charge in [-0.05, 0) is 35.9 Å². The first kappa shape index (κ1) is 14.0. The zero-order valence-corrected chi connectivity index (χ0v) is 12.5. The molecular formula is C16H10FNOS2. The maximum Gasteiger partial charge on any atom is 0.270 e. The van der Waals surface area contributed by atoms with Crippen molar-refractivity contribution in [3.63, 3.8) is 0 Å². The van der Waals surface area contributed by atoms with Crippen LogP contribution in [0.3, 0.4) is 0 Å². The van der Waals surface area contributed by atoms with Crippen molar-refractivity contribution < 1.29 is 9.18 Å². The Bertz CT molecular complexity index is 743. The summed E-state index contributed by atoms with van der Waals surface area (Å²) in [6, 6.07) is 15.3. The third-order valence-corrected chi connectivity index (χ3v) is 4.26. The lowest BCUT2D eigenvalue weighted by Crippen LogP contribution is -2.27. The summed E-state index contributed by atoms with van der Waals surface area (Å²) in [5.41, 5.74) is 1.38. The number of anilines is 1. The van der Waals surface area contributed by atoms with Crippen molar-refractivity contribution in [1.29, 1.82) is 0 Å². The predicted molar refractivity (Wildman–Crippen MR) is 88.5 cm³/mol. The molecule has 0 bridgehead atoms. The minimum absolute atomic E-state index is 0.180. The van der Waals surface area contributed by atoms with Crippen molar-refractivity contribution in [2.45, 2.75) is 0 Å². The van der Waals surface area contributed by atoms with Gasteiger partial charge in [-0.15, -0.1) is 0 Å². The van der Waals surface area contributed by atoms with Gasteiger partial charge in [-0.1, -0.05) is 54.3 Å². The van der Waals surface area contributed by atoms with Crippen LogP contribution in [-0.2, 0) is 4.79 Å². The smallest absolute Gasteiger partial charge is 0.268 e. The van der Waals surface area contributed by atoms with Crippen LogP contribution in [0.1, 0.15) is 5.56 Å². The van der Waals surface area contributed by atoms with Gasteiger partial charge in [-0.25, -0.2) is 4.39 Å². The maximum absolute atomic E-state index is 13.2. The monoisotopic (exact) mass is 315 g/mol. The molecular weight excluding hydrogens is 305 g/mol. The number of halogens is 1. The Morgan fingerprint density at radius 2 is 1.86 bits per heavy atom. The highest BCUT2D eigenvalue weighted by Gasteiger charge is 2.33. The largest absolute Gasteiger partial charge is 0.270 e. The van der Waals surface area contributed by atoms with Crippen molar-refractivity contribution >= 4 is 46.0 Å². The van der Waals surface area contributed by atoms with Gasteiger partial charge in [0.2, 0.25) is 0 Å². The van der Waals surface area contributed by atoms with Crippen molar-refractivity contribution in [3.05, 3.63) is 70.9 Å². The van der Waals surface area contributed by atoms with Gasteiger partial charge in [0.25, 0.3) is 5.91 Å². The SMILES string of the molecule is O=C1C(=Cc2cccc(F)c2)SC(=S)N1c1ccccc1. The Balaban J connectivity index is 1.94. The van der Waals surface area contributed by atoms with Gasteiger partial charge < -0.3 is 0 Å². The number of thiocarbonyl (C=S) groups is 1. The molecule has 21 heavy (non-hydrogen) atoms. The molecule has 104 valence electrons. The number of thioether (sulfide) groups is 1. The quantitative estimate of drug-likeness (QED) is 0.611. The van der Waals surface area contributed by atoms with E-state index < -0.39 is 0 Å². The predicted octanol–water partition coefficient (Wildman–Crippen LogP) is 4.23. The highest BCUT2D eigenvalue weighted by atomic mass is 32.2. The number of para-hydroxylation sites is 1. The first-order chi connectivity index (χ1) is 10.1. The normalized spacial score (nSPS) is 16.8. The summed E-state index contributed by atoms with van der Waals surface area (Å²) in [6.45, 7) is 0. The van der Waals surface area contributed by atoms with Gasteiger partial charge in [0.15, 0.2) is 4.32 Å². The molecule has 0 N–H and O–H groups in total. The molecule has 0 radical (unpaired) electrons. The third-order valence-electron chi connectivity index (χ3n) is 2.95. The maximum atomic E-state index is 13.2. The van der Waals surface area contributed by atoms with Crippen molar-refractivity contribution in [1.82, 2.24) is 0 Å². The fourth-order valence-corrected chi connectivity index (χ4v) is 3.31. The molecule has 0 unspecified atom stereocenters. The van der Waals surface area contributed by atoms with E-state index in [2.05, 4.69) is 0 Å². The van der Waals surface area contributed by atoms with Crippen LogP contribution in [0.5, 0.6) is 0 Å². The average Bonchev–Trinajstić information content (AvgIpc) is 2.74. The average molecular weight is 315 g/mol. The van der Waals surface area contributed by atoms with E-state index in [1.165, 1.54) is 28.8 Å². The fourth-order valence-electron chi connectivity index (χ4n) is 2.02. The Kier molecular flexibility index (Phi) is 3.86. The fraction of sp³-hybridized carbons (Fsp3) is 0. The van der Waals surface area contributed by atoms with Crippen LogP contribution in [0.2, 0.25) is 0 Å². The van der Waals surface area contributed by atoms with Crippen LogP contribution in [0, 0.1) is 5.82 Å². The molecule has 2 nitrogen and oxygen atoms in total. The second kappa shape index (κ2) is 5.79. The van der Waals surface area contributed by atoms with Crippen LogP contribution >= 0.6 is 24.0 Å². The molecule has 3 rings (SSSR count). The molecule has 0 aliphatic carbocycles. The number of nitrogens with zero attached hydrogens (tertiary/aromatic N) is 1. The number of hydrogen-bond donors (Lipinski definition) is 0. The van der Waals surface area contributed by atoms with Gasteiger partial charge in [-0.2, -0.15) is 0 Å². The van der Waals surface area contributed by atoms with Crippen molar-refractivity contribution in [2.75, 3.05) is 4.90 Å². The van der Waals surface area contributed by atoms with Gasteiger partial charge in [-0.3, -0.25) is 9.69 Å². The van der Waals surface area contributed by atoms with Crippen LogP contribution < -0.4 is 4.90 Å². The summed E-state index contributed by atoms with van der Waals surface area (Å²) in [5, 5.41) is 0. The van der Waals surface area contributed by atoms with E-state index in [4.69, 9.17) is 12.2 Å².